The fraction of sp³-hybridized carbons (Fsp3) is 0.458. The highest BCUT2D eigenvalue weighted by atomic mass is 19.1. The Balaban J connectivity index is 1.34. The van der Waals surface area contributed by atoms with Crippen LogP contribution in [0.1, 0.15) is 43.0 Å². The van der Waals surface area contributed by atoms with Gasteiger partial charge < -0.3 is 21.3 Å². The number of nitriles is 1. The lowest BCUT2D eigenvalue weighted by Gasteiger charge is -2.43. The highest BCUT2D eigenvalue weighted by molar-refractivity contribution is 5.93. The van der Waals surface area contributed by atoms with Gasteiger partial charge in [0.2, 0.25) is 5.91 Å². The molecule has 1 aliphatic carbocycles. The summed E-state index contributed by atoms with van der Waals surface area (Å²) >= 11 is 0. The number of halogens is 1. The first-order chi connectivity index (χ1) is 17.8. The Bertz CT molecular complexity index is 1320. The van der Waals surface area contributed by atoms with Crippen molar-refractivity contribution < 1.29 is 19.4 Å². The zero-order valence-corrected chi connectivity index (χ0v) is 20.0. The maximum absolute atomic E-state index is 15.9. The molecule has 1 aromatic carbocycles. The smallest absolute Gasteiger partial charge is 0.228 e. The predicted molar refractivity (Wildman–Crippen MR) is 129 cm³/mol. The van der Waals surface area contributed by atoms with Crippen molar-refractivity contribution in [2.45, 2.75) is 50.2 Å². The van der Waals surface area contributed by atoms with Crippen LogP contribution in [0.3, 0.4) is 0 Å². The molecule has 194 valence electrons. The van der Waals surface area contributed by atoms with Crippen LogP contribution in [0.4, 0.5) is 10.2 Å². The van der Waals surface area contributed by atoms with Crippen molar-refractivity contribution in [3.8, 4) is 17.5 Å². The molecule has 2 fully saturated rings. The number of nitrogens with two attached hydrogens (primary N) is 1. The summed E-state index contributed by atoms with van der Waals surface area (Å²) in [5, 5.41) is 45.1. The molecule has 5 N–H and O–H groups in total. The molecular formula is C24H28FN9O3. The first-order valence-corrected chi connectivity index (χ1v) is 12.1. The van der Waals surface area contributed by atoms with E-state index < -0.39 is 17.9 Å². The first kappa shape index (κ1) is 24.8. The molecule has 37 heavy (non-hydrogen) atoms. The van der Waals surface area contributed by atoms with Crippen LogP contribution < -0.4 is 11.1 Å². The van der Waals surface area contributed by atoms with Gasteiger partial charge in [0.05, 0.1) is 30.4 Å². The van der Waals surface area contributed by atoms with Crippen molar-refractivity contribution in [3.63, 3.8) is 0 Å². The van der Waals surface area contributed by atoms with E-state index in [4.69, 9.17) is 5.73 Å². The van der Waals surface area contributed by atoms with Gasteiger partial charge in [-0.25, -0.2) is 4.39 Å². The molecule has 1 saturated heterocycles. The summed E-state index contributed by atoms with van der Waals surface area (Å²) in [6.45, 7) is 0.864. The zero-order valence-electron chi connectivity index (χ0n) is 20.0. The monoisotopic (exact) mass is 509 g/mol. The number of nitrogens with one attached hydrogen (secondary N) is 1. The van der Waals surface area contributed by atoms with E-state index in [1.807, 2.05) is 11.0 Å². The standard InChI is InChI=1S/C24H28FN9O3/c25-20-14-32(12-15-1-4-18(19(35)11-15)34-28-8-9-29-34)10-6-24(20,5-7-26)33-13-17(21(27)36)22(31-33)30-23(37)16-2-3-16/h1,4,8-9,11,13,16,20-21,35-36H,2-3,5-6,10,12,14,27H2,(H,30,31,37). The molecule has 12 nitrogen and oxygen atoms in total. The Kier molecular flexibility index (Phi) is 6.63. The highest BCUT2D eigenvalue weighted by Gasteiger charge is 2.47. The fourth-order valence-corrected chi connectivity index (χ4v) is 4.74. The fourth-order valence-electron chi connectivity index (χ4n) is 4.74. The van der Waals surface area contributed by atoms with Gasteiger partial charge in [-0.15, -0.1) is 4.80 Å². The van der Waals surface area contributed by atoms with E-state index in [9.17, 15) is 20.3 Å². The van der Waals surface area contributed by atoms with Crippen LogP contribution in [0.5, 0.6) is 5.75 Å². The summed E-state index contributed by atoms with van der Waals surface area (Å²) in [5.74, 6) is -0.222. The summed E-state index contributed by atoms with van der Waals surface area (Å²) in [5.41, 5.74) is 5.80. The minimum absolute atomic E-state index is 0.00604. The third kappa shape index (κ3) is 4.91. The SMILES string of the molecule is N#CCC1(n2cc(C(N)O)c(NC(=O)C3CC3)n2)CCN(Cc2ccc(-n3nccn3)c(O)c2)CC1F. The number of anilines is 1. The predicted octanol–water partition coefficient (Wildman–Crippen LogP) is 1.32. The van der Waals surface area contributed by atoms with Gasteiger partial charge in [-0.05, 0) is 37.0 Å². The Morgan fingerprint density at radius 3 is 2.73 bits per heavy atom. The molecule has 3 unspecified atom stereocenters. The lowest BCUT2D eigenvalue weighted by Crippen LogP contribution is -2.54. The summed E-state index contributed by atoms with van der Waals surface area (Å²) in [7, 11) is 0. The number of aromatic nitrogens is 5. The quantitative estimate of drug-likeness (QED) is 0.327. The molecule has 1 amide bonds. The van der Waals surface area contributed by atoms with Crippen LogP contribution in [-0.4, -0.2) is 65.1 Å². The lowest BCUT2D eigenvalue weighted by molar-refractivity contribution is -0.117. The summed E-state index contributed by atoms with van der Waals surface area (Å²) in [6.07, 6.45) is 3.24. The van der Waals surface area contributed by atoms with E-state index in [0.717, 1.165) is 18.4 Å². The van der Waals surface area contributed by atoms with E-state index in [2.05, 4.69) is 26.7 Å². The minimum atomic E-state index is -1.48. The largest absolute Gasteiger partial charge is 0.506 e. The van der Waals surface area contributed by atoms with Crippen molar-refractivity contribution in [1.82, 2.24) is 29.7 Å². The van der Waals surface area contributed by atoms with Gasteiger partial charge >= 0.3 is 0 Å². The molecular weight excluding hydrogens is 481 g/mol. The normalized spacial score (nSPS) is 22.9. The number of carbonyl (C=O) groups excluding carboxylic acids is 1. The third-order valence-electron chi connectivity index (χ3n) is 7.04. The molecule has 0 radical (unpaired) electrons. The van der Waals surface area contributed by atoms with Gasteiger partial charge in [-0.1, -0.05) is 6.07 Å². The molecule has 13 heteroatoms. The van der Waals surface area contributed by atoms with Crippen molar-refractivity contribution in [2.75, 3.05) is 18.4 Å². The first-order valence-electron chi connectivity index (χ1n) is 12.1. The van der Waals surface area contributed by atoms with Crippen molar-refractivity contribution in [3.05, 3.63) is 47.9 Å². The molecule has 1 saturated carbocycles. The molecule has 0 bridgehead atoms. The van der Waals surface area contributed by atoms with E-state index in [1.54, 1.807) is 12.1 Å². The maximum Gasteiger partial charge on any atom is 0.228 e. The van der Waals surface area contributed by atoms with E-state index >= 15 is 4.39 Å². The summed E-state index contributed by atoms with van der Waals surface area (Å²) in [6, 6.07) is 7.19. The average Bonchev–Trinajstić information content (AvgIpc) is 3.40. The number of nitrogens with zero attached hydrogens (tertiary/aromatic N) is 7. The topological polar surface area (TPSA) is 171 Å². The minimum Gasteiger partial charge on any atom is -0.506 e. The number of piperidine rings is 1. The summed E-state index contributed by atoms with van der Waals surface area (Å²) < 4.78 is 17.2. The molecule has 2 aromatic heterocycles. The lowest BCUT2D eigenvalue weighted by atomic mass is 9.83. The summed E-state index contributed by atoms with van der Waals surface area (Å²) in [4.78, 5) is 15.5. The second kappa shape index (κ2) is 9.89. The second-order valence-electron chi connectivity index (χ2n) is 9.62. The highest BCUT2D eigenvalue weighted by Crippen LogP contribution is 2.38. The molecule has 2 aliphatic rings. The number of alkyl halides is 1. The number of aliphatic hydroxyl groups excluding tert-OH is 1. The Hall–Kier alpha value is -3.86. The van der Waals surface area contributed by atoms with Crippen LogP contribution in [0.2, 0.25) is 0 Å². The number of amides is 1. The second-order valence-corrected chi connectivity index (χ2v) is 9.62. The number of aromatic hydroxyl groups is 1. The van der Waals surface area contributed by atoms with Gasteiger partial charge in [0, 0.05) is 31.7 Å². The zero-order chi connectivity index (χ0) is 26.2. The molecule has 3 atom stereocenters. The van der Waals surface area contributed by atoms with Crippen LogP contribution in [0, 0.1) is 17.2 Å². The molecule has 3 heterocycles. The molecule has 5 rings (SSSR count). The Morgan fingerprint density at radius 2 is 2.11 bits per heavy atom. The van der Waals surface area contributed by atoms with Crippen LogP contribution in [-0.2, 0) is 16.9 Å². The Morgan fingerprint density at radius 1 is 1.35 bits per heavy atom. The van der Waals surface area contributed by atoms with Crippen LogP contribution in [0.15, 0.2) is 36.8 Å². The number of phenols is 1. The third-order valence-corrected chi connectivity index (χ3v) is 7.04. The van der Waals surface area contributed by atoms with Crippen LogP contribution >= 0.6 is 0 Å². The van der Waals surface area contributed by atoms with Gasteiger partial charge in [0.15, 0.2) is 5.82 Å². The molecule has 1 aliphatic heterocycles. The Labute approximate surface area is 212 Å². The van der Waals surface area contributed by atoms with E-state index in [1.165, 1.54) is 28.1 Å². The maximum atomic E-state index is 15.9. The number of benzene rings is 1. The molecule has 0 spiro atoms. The number of carbonyl (C=O) groups is 1. The van der Waals surface area contributed by atoms with Gasteiger partial charge in [-0.3, -0.25) is 14.4 Å². The number of phenolic OH excluding ortho intramolecular Hbond substituents is 1. The number of hydrogen-bond acceptors (Lipinski definition) is 9. The van der Waals surface area contributed by atoms with E-state index in [-0.39, 0.29) is 48.3 Å². The van der Waals surface area contributed by atoms with Crippen molar-refractivity contribution >= 4 is 11.7 Å². The number of hydrogen-bond donors (Lipinski definition) is 4. The van der Waals surface area contributed by atoms with Crippen LogP contribution in [0.25, 0.3) is 5.69 Å². The molecule has 3 aromatic rings. The van der Waals surface area contributed by atoms with Gasteiger partial charge in [-0.2, -0.15) is 20.6 Å². The van der Waals surface area contributed by atoms with Gasteiger partial charge in [0.25, 0.3) is 0 Å². The van der Waals surface area contributed by atoms with Gasteiger partial charge in [0.1, 0.15) is 29.4 Å². The van der Waals surface area contributed by atoms with E-state index in [0.29, 0.717) is 18.8 Å². The van der Waals surface area contributed by atoms with Crippen molar-refractivity contribution in [1.29, 1.82) is 5.26 Å². The number of likely N-dealkylation sites (tertiary alicyclic amines) is 1. The number of rotatable bonds is 8. The van der Waals surface area contributed by atoms with Crippen molar-refractivity contribution in [2.24, 2.45) is 11.7 Å². The average molecular weight is 510 g/mol. The number of aliphatic hydroxyl groups is 1.